The molecule has 0 atom stereocenters. The summed E-state index contributed by atoms with van der Waals surface area (Å²) in [6, 6.07) is 2.31. The van der Waals surface area contributed by atoms with Gasteiger partial charge in [0.25, 0.3) is 0 Å². The third-order valence-corrected chi connectivity index (χ3v) is 2.56. The highest BCUT2D eigenvalue weighted by Crippen LogP contribution is 2.19. The van der Waals surface area contributed by atoms with Gasteiger partial charge in [0.1, 0.15) is 0 Å². The Kier molecular flexibility index (Phi) is 5.85. The highest BCUT2D eigenvalue weighted by Gasteiger charge is 2.17. The van der Waals surface area contributed by atoms with Crippen molar-refractivity contribution >= 4 is 0 Å². The molecule has 15 heavy (non-hydrogen) atoms. The first-order valence-corrected chi connectivity index (χ1v) is 5.50. The Morgan fingerprint density at radius 1 is 1.27 bits per heavy atom. The first-order chi connectivity index (χ1) is 6.83. The zero-order valence-electron chi connectivity index (χ0n) is 10.7. The standard InChI is InChI=1S/C12H24N2O/c1-11(2,9-13)7-6-8-14-10-12(3,4)15-5/h14H,6-8,10H2,1-5H3. The highest BCUT2D eigenvalue weighted by atomic mass is 16.5. The maximum atomic E-state index is 8.83. The Labute approximate surface area is 93.8 Å². The maximum absolute atomic E-state index is 8.83. The minimum absolute atomic E-state index is 0.106. The minimum Gasteiger partial charge on any atom is -0.377 e. The lowest BCUT2D eigenvalue weighted by atomic mass is 9.90. The summed E-state index contributed by atoms with van der Waals surface area (Å²) in [5.74, 6) is 0. The molecule has 0 aromatic heterocycles. The predicted octanol–water partition coefficient (Wildman–Crippen LogP) is 2.33. The molecular formula is C12H24N2O. The SMILES string of the molecule is COC(C)(C)CNCCCC(C)(C)C#N. The number of nitrogens with one attached hydrogen (secondary N) is 1. The molecule has 3 heteroatoms. The van der Waals surface area contributed by atoms with E-state index in [-0.39, 0.29) is 11.0 Å². The predicted molar refractivity (Wildman–Crippen MR) is 62.6 cm³/mol. The first-order valence-electron chi connectivity index (χ1n) is 5.50. The van der Waals surface area contributed by atoms with E-state index in [9.17, 15) is 0 Å². The number of rotatable bonds is 7. The molecule has 0 unspecified atom stereocenters. The van der Waals surface area contributed by atoms with E-state index in [0.29, 0.717) is 0 Å². The quantitative estimate of drug-likeness (QED) is 0.659. The fourth-order valence-corrected chi connectivity index (χ4v) is 1.17. The van der Waals surface area contributed by atoms with Crippen LogP contribution in [0, 0.1) is 16.7 Å². The Morgan fingerprint density at radius 3 is 2.33 bits per heavy atom. The number of hydrogen-bond donors (Lipinski definition) is 1. The van der Waals surface area contributed by atoms with Crippen molar-refractivity contribution in [1.82, 2.24) is 5.32 Å². The molecule has 3 nitrogen and oxygen atoms in total. The van der Waals surface area contributed by atoms with Crippen LogP contribution in [0.5, 0.6) is 0 Å². The van der Waals surface area contributed by atoms with Crippen LogP contribution < -0.4 is 5.32 Å². The van der Waals surface area contributed by atoms with Crippen molar-refractivity contribution < 1.29 is 4.74 Å². The summed E-state index contributed by atoms with van der Waals surface area (Å²) < 4.78 is 5.29. The molecule has 0 heterocycles. The topological polar surface area (TPSA) is 45.0 Å². The molecule has 88 valence electrons. The van der Waals surface area contributed by atoms with Crippen molar-refractivity contribution in [1.29, 1.82) is 5.26 Å². The van der Waals surface area contributed by atoms with Crippen LogP contribution in [0.25, 0.3) is 0 Å². The maximum Gasteiger partial charge on any atom is 0.0746 e. The monoisotopic (exact) mass is 212 g/mol. The van der Waals surface area contributed by atoms with Crippen molar-refractivity contribution in [3.8, 4) is 6.07 Å². The van der Waals surface area contributed by atoms with Gasteiger partial charge in [-0.25, -0.2) is 0 Å². The lowest BCUT2D eigenvalue weighted by Gasteiger charge is -2.23. The fraction of sp³-hybridized carbons (Fsp3) is 0.917. The van der Waals surface area contributed by atoms with Crippen molar-refractivity contribution in [2.24, 2.45) is 5.41 Å². The van der Waals surface area contributed by atoms with E-state index in [1.54, 1.807) is 7.11 Å². The van der Waals surface area contributed by atoms with Crippen LogP contribution in [-0.2, 0) is 4.74 Å². The van der Waals surface area contributed by atoms with Gasteiger partial charge < -0.3 is 10.1 Å². The van der Waals surface area contributed by atoms with E-state index in [0.717, 1.165) is 25.9 Å². The average molecular weight is 212 g/mol. The van der Waals surface area contributed by atoms with Crippen LogP contribution >= 0.6 is 0 Å². The second kappa shape index (κ2) is 6.09. The summed E-state index contributed by atoms with van der Waals surface area (Å²) in [4.78, 5) is 0. The minimum atomic E-state index is -0.196. The molecule has 0 saturated heterocycles. The molecular weight excluding hydrogens is 188 g/mol. The molecule has 0 bridgehead atoms. The van der Waals surface area contributed by atoms with Crippen LogP contribution in [-0.4, -0.2) is 25.8 Å². The average Bonchev–Trinajstić information content (AvgIpc) is 2.17. The molecule has 0 aliphatic rings. The molecule has 0 fully saturated rings. The van der Waals surface area contributed by atoms with Crippen LogP contribution in [0.1, 0.15) is 40.5 Å². The van der Waals surface area contributed by atoms with Crippen molar-refractivity contribution in [2.75, 3.05) is 20.2 Å². The fourth-order valence-electron chi connectivity index (χ4n) is 1.17. The van der Waals surface area contributed by atoms with E-state index in [1.165, 1.54) is 0 Å². The van der Waals surface area contributed by atoms with Crippen molar-refractivity contribution in [3.63, 3.8) is 0 Å². The lowest BCUT2D eigenvalue weighted by Crippen LogP contribution is -2.37. The largest absolute Gasteiger partial charge is 0.377 e. The first kappa shape index (κ1) is 14.4. The van der Waals surface area contributed by atoms with E-state index in [4.69, 9.17) is 10.00 Å². The Morgan fingerprint density at radius 2 is 1.87 bits per heavy atom. The van der Waals surface area contributed by atoms with Crippen molar-refractivity contribution in [2.45, 2.75) is 46.1 Å². The number of methoxy groups -OCH3 is 1. The summed E-state index contributed by atoms with van der Waals surface area (Å²) in [6.07, 6.45) is 1.96. The molecule has 0 aliphatic heterocycles. The van der Waals surface area contributed by atoms with Gasteiger partial charge in [0, 0.05) is 13.7 Å². The Hall–Kier alpha value is -0.590. The molecule has 0 aromatic carbocycles. The van der Waals surface area contributed by atoms with Crippen LogP contribution in [0.15, 0.2) is 0 Å². The molecule has 0 amide bonds. The Balaban J connectivity index is 3.54. The zero-order chi connectivity index (χ0) is 11.9. The second-order valence-electron chi connectivity index (χ2n) is 5.24. The third kappa shape index (κ3) is 7.35. The van der Waals surface area contributed by atoms with E-state index in [1.807, 2.05) is 13.8 Å². The second-order valence-corrected chi connectivity index (χ2v) is 5.24. The van der Waals surface area contributed by atoms with Gasteiger partial charge in [-0.05, 0) is 47.1 Å². The molecule has 0 aliphatic carbocycles. The van der Waals surface area contributed by atoms with Gasteiger partial charge in [-0.1, -0.05) is 0 Å². The third-order valence-electron chi connectivity index (χ3n) is 2.56. The molecule has 0 spiro atoms. The van der Waals surface area contributed by atoms with Crippen molar-refractivity contribution in [3.05, 3.63) is 0 Å². The summed E-state index contributed by atoms with van der Waals surface area (Å²) in [5.41, 5.74) is -0.302. The lowest BCUT2D eigenvalue weighted by molar-refractivity contribution is 0.0233. The van der Waals surface area contributed by atoms with E-state index in [2.05, 4.69) is 25.2 Å². The van der Waals surface area contributed by atoms with Gasteiger partial charge in [0.15, 0.2) is 0 Å². The number of nitrogens with zero attached hydrogens (tertiary/aromatic N) is 1. The highest BCUT2D eigenvalue weighted by molar-refractivity contribution is 4.91. The normalized spacial score (nSPS) is 12.5. The van der Waals surface area contributed by atoms with Crippen LogP contribution in [0.3, 0.4) is 0 Å². The smallest absolute Gasteiger partial charge is 0.0746 e. The van der Waals surface area contributed by atoms with Gasteiger partial charge in [0.2, 0.25) is 0 Å². The van der Waals surface area contributed by atoms with Crippen LogP contribution in [0.2, 0.25) is 0 Å². The van der Waals surface area contributed by atoms with Crippen LogP contribution in [0.4, 0.5) is 0 Å². The zero-order valence-corrected chi connectivity index (χ0v) is 10.7. The number of ether oxygens (including phenoxy) is 1. The molecule has 1 N–H and O–H groups in total. The Bertz CT molecular complexity index is 216. The molecule has 0 radical (unpaired) electrons. The van der Waals surface area contributed by atoms with E-state index < -0.39 is 0 Å². The van der Waals surface area contributed by atoms with Gasteiger partial charge in [-0.3, -0.25) is 0 Å². The summed E-state index contributed by atoms with van der Waals surface area (Å²) in [6.45, 7) is 9.85. The van der Waals surface area contributed by atoms with Gasteiger partial charge in [-0.15, -0.1) is 0 Å². The van der Waals surface area contributed by atoms with Gasteiger partial charge in [-0.2, -0.15) is 5.26 Å². The number of hydrogen-bond acceptors (Lipinski definition) is 3. The summed E-state index contributed by atoms with van der Waals surface area (Å²) in [5, 5.41) is 12.2. The molecule has 0 rings (SSSR count). The number of nitriles is 1. The molecule has 0 saturated carbocycles. The summed E-state index contributed by atoms with van der Waals surface area (Å²) in [7, 11) is 1.72. The van der Waals surface area contributed by atoms with E-state index >= 15 is 0 Å². The van der Waals surface area contributed by atoms with Gasteiger partial charge >= 0.3 is 0 Å². The molecule has 0 aromatic rings. The van der Waals surface area contributed by atoms with Gasteiger partial charge in [0.05, 0.1) is 17.1 Å². The summed E-state index contributed by atoms with van der Waals surface area (Å²) >= 11 is 0.